The molecule has 9 nitrogen and oxygen atoms in total. The van der Waals surface area contributed by atoms with Crippen LogP contribution in [0.4, 0.5) is 0 Å². The van der Waals surface area contributed by atoms with Crippen molar-refractivity contribution in [2.24, 2.45) is 5.92 Å². The van der Waals surface area contributed by atoms with E-state index in [2.05, 4.69) is 19.2 Å². The molecule has 0 radical (unpaired) electrons. The highest BCUT2D eigenvalue weighted by atomic mass is 127. The molecule has 1 aromatic rings. The summed E-state index contributed by atoms with van der Waals surface area (Å²) in [7, 11) is 1.45. The number of hydrogen-bond acceptors (Lipinski definition) is 7. The summed E-state index contributed by atoms with van der Waals surface area (Å²) in [5.74, 6) is 0.295. The van der Waals surface area contributed by atoms with Crippen molar-refractivity contribution in [3.8, 4) is 11.5 Å². The number of nitrogens with one attached hydrogen (secondary N) is 1. The van der Waals surface area contributed by atoms with Gasteiger partial charge in [0.15, 0.2) is 11.5 Å². The van der Waals surface area contributed by atoms with E-state index in [9.17, 15) is 19.5 Å². The van der Waals surface area contributed by atoms with E-state index >= 15 is 0 Å². The lowest BCUT2D eigenvalue weighted by atomic mass is 9.87. The number of aliphatic hydroxyl groups is 2. The summed E-state index contributed by atoms with van der Waals surface area (Å²) in [5.41, 5.74) is 0.748. The summed E-state index contributed by atoms with van der Waals surface area (Å²) in [6.45, 7) is 6.29. The zero-order valence-corrected chi connectivity index (χ0v) is 23.9. The quantitative estimate of drug-likeness (QED) is 0.174. The Kier molecular flexibility index (Phi) is 12.6. The first-order chi connectivity index (χ1) is 17.7. The first-order valence-corrected chi connectivity index (χ1v) is 13.5. The molecule has 204 valence electrons. The van der Waals surface area contributed by atoms with Gasteiger partial charge in [-0.2, -0.15) is 0 Å². The van der Waals surface area contributed by atoms with Crippen molar-refractivity contribution >= 4 is 40.7 Å². The van der Waals surface area contributed by atoms with E-state index in [4.69, 9.17) is 14.6 Å². The highest BCUT2D eigenvalue weighted by Crippen LogP contribution is 2.37. The number of benzene rings is 1. The van der Waals surface area contributed by atoms with Gasteiger partial charge in [0.05, 0.1) is 23.3 Å². The van der Waals surface area contributed by atoms with Crippen LogP contribution in [-0.4, -0.2) is 78.3 Å². The molecule has 0 aliphatic heterocycles. The van der Waals surface area contributed by atoms with Crippen LogP contribution < -0.4 is 14.8 Å². The number of halogens is 1. The van der Waals surface area contributed by atoms with Gasteiger partial charge in [0.2, 0.25) is 11.8 Å². The minimum absolute atomic E-state index is 0.0724. The van der Waals surface area contributed by atoms with Gasteiger partial charge in [-0.05, 0) is 65.6 Å². The third-order valence-corrected chi connectivity index (χ3v) is 6.78. The standard InChI is InChI=1S/C27H37IN2O7/c1-5-6-7-24(33)30(10-8-17(2)3)21-14-19(27(35)29-9-11-31)15-22(25(21)34)37-26-20(28)12-18(16-32)13-23(26)36-4/h6-7,12-13,15-17,21-22,25,31,34H,5,8-11,14H2,1-4H3,(H,29,35)/t21-,22+,25+/m1/s1. The van der Waals surface area contributed by atoms with Crippen LogP contribution in [0.1, 0.15) is 50.4 Å². The lowest BCUT2D eigenvalue weighted by molar-refractivity contribution is -0.133. The van der Waals surface area contributed by atoms with Gasteiger partial charge in [-0.1, -0.05) is 26.8 Å². The Labute approximate surface area is 232 Å². The SMILES string of the molecule is CCC=CC(=O)N(CCC(C)C)[C@@H]1CC(C(=O)NCCO)=C[C@H](Oc2c(I)cc(C=O)cc2OC)[C@H]1O. The first-order valence-electron chi connectivity index (χ1n) is 12.4. The second-order valence-corrected chi connectivity index (χ2v) is 10.4. The molecule has 0 aromatic heterocycles. The topological polar surface area (TPSA) is 125 Å². The number of ether oxygens (including phenoxy) is 2. The molecule has 0 fully saturated rings. The molecule has 37 heavy (non-hydrogen) atoms. The largest absolute Gasteiger partial charge is 0.493 e. The van der Waals surface area contributed by atoms with E-state index in [-0.39, 0.29) is 25.5 Å². The first kappa shape index (κ1) is 30.8. The van der Waals surface area contributed by atoms with Crippen molar-refractivity contribution in [3.63, 3.8) is 0 Å². The van der Waals surface area contributed by atoms with Crippen LogP contribution in [0.15, 0.2) is 35.9 Å². The van der Waals surface area contributed by atoms with Crippen molar-refractivity contribution in [2.75, 3.05) is 26.8 Å². The molecule has 0 heterocycles. The lowest BCUT2D eigenvalue weighted by Crippen LogP contribution is -2.55. The zero-order chi connectivity index (χ0) is 27.5. The van der Waals surface area contributed by atoms with Gasteiger partial charge in [-0.25, -0.2) is 0 Å². The summed E-state index contributed by atoms with van der Waals surface area (Å²) >= 11 is 2.02. The molecule has 0 unspecified atom stereocenters. The van der Waals surface area contributed by atoms with Crippen LogP contribution in [0.5, 0.6) is 11.5 Å². The minimum Gasteiger partial charge on any atom is -0.493 e. The molecule has 2 rings (SSSR count). The fourth-order valence-electron chi connectivity index (χ4n) is 3.99. The average Bonchev–Trinajstić information content (AvgIpc) is 2.88. The number of carbonyl (C=O) groups excluding carboxylic acids is 3. The maximum Gasteiger partial charge on any atom is 0.247 e. The van der Waals surface area contributed by atoms with Crippen molar-refractivity contribution in [3.05, 3.63) is 45.1 Å². The molecule has 3 atom stereocenters. The van der Waals surface area contributed by atoms with E-state index < -0.39 is 24.2 Å². The Morgan fingerprint density at radius 2 is 2.05 bits per heavy atom. The fourth-order valence-corrected chi connectivity index (χ4v) is 4.74. The molecule has 0 bridgehead atoms. The Morgan fingerprint density at radius 3 is 2.65 bits per heavy atom. The van der Waals surface area contributed by atoms with Crippen LogP contribution in [0.3, 0.4) is 0 Å². The van der Waals surface area contributed by atoms with Gasteiger partial charge in [0, 0.05) is 30.6 Å². The minimum atomic E-state index is -1.15. The zero-order valence-electron chi connectivity index (χ0n) is 21.8. The van der Waals surface area contributed by atoms with Crippen LogP contribution in [0.2, 0.25) is 0 Å². The molecule has 0 saturated heterocycles. The Bertz CT molecular complexity index is 1010. The number of carbonyl (C=O) groups is 3. The molecular formula is C27H37IN2O7. The fraction of sp³-hybridized carbons (Fsp3) is 0.519. The maximum absolute atomic E-state index is 13.2. The van der Waals surface area contributed by atoms with Crippen molar-refractivity contribution < 1.29 is 34.1 Å². The van der Waals surface area contributed by atoms with E-state index in [0.29, 0.717) is 51.4 Å². The summed E-state index contributed by atoms with van der Waals surface area (Å²) < 4.78 is 12.2. The number of allylic oxidation sites excluding steroid dienone is 1. The van der Waals surface area contributed by atoms with Crippen molar-refractivity contribution in [1.29, 1.82) is 0 Å². The van der Waals surface area contributed by atoms with Gasteiger partial charge < -0.3 is 29.9 Å². The van der Waals surface area contributed by atoms with E-state index in [1.54, 1.807) is 23.1 Å². The molecule has 0 spiro atoms. The second-order valence-electron chi connectivity index (χ2n) is 9.19. The number of aldehydes is 1. The normalized spacial score (nSPS) is 19.5. The summed E-state index contributed by atoms with van der Waals surface area (Å²) in [6.07, 6.45) is 4.91. The molecule has 1 aromatic carbocycles. The second kappa shape index (κ2) is 15.1. The van der Waals surface area contributed by atoms with Gasteiger partial charge in [0.25, 0.3) is 0 Å². The average molecular weight is 629 g/mol. The third-order valence-electron chi connectivity index (χ3n) is 5.98. The van der Waals surface area contributed by atoms with Gasteiger partial charge in [0.1, 0.15) is 18.5 Å². The Balaban J connectivity index is 2.52. The number of amides is 2. The predicted molar refractivity (Wildman–Crippen MR) is 149 cm³/mol. The number of methoxy groups -OCH3 is 1. The van der Waals surface area contributed by atoms with E-state index in [0.717, 1.165) is 6.42 Å². The summed E-state index contributed by atoms with van der Waals surface area (Å²) in [5, 5.41) is 23.3. The molecule has 0 saturated carbocycles. The summed E-state index contributed by atoms with van der Waals surface area (Å²) in [6, 6.07) is 2.43. The number of nitrogens with zero attached hydrogens (tertiary/aromatic N) is 1. The molecule has 1 aliphatic carbocycles. The van der Waals surface area contributed by atoms with Gasteiger partial charge in [-0.3, -0.25) is 14.4 Å². The van der Waals surface area contributed by atoms with Crippen LogP contribution >= 0.6 is 22.6 Å². The van der Waals surface area contributed by atoms with Crippen LogP contribution in [0, 0.1) is 9.49 Å². The molecule has 1 aliphatic rings. The lowest BCUT2D eigenvalue weighted by Gasteiger charge is -2.40. The van der Waals surface area contributed by atoms with Crippen LogP contribution in [-0.2, 0) is 9.59 Å². The van der Waals surface area contributed by atoms with E-state index in [1.165, 1.54) is 19.3 Å². The molecule has 2 amide bonds. The molecule has 10 heteroatoms. The smallest absolute Gasteiger partial charge is 0.247 e. The highest BCUT2D eigenvalue weighted by molar-refractivity contribution is 14.1. The van der Waals surface area contributed by atoms with Crippen molar-refractivity contribution in [2.45, 2.75) is 58.3 Å². The Hall–Kier alpha value is -2.44. The Morgan fingerprint density at radius 1 is 1.32 bits per heavy atom. The predicted octanol–water partition coefficient (Wildman–Crippen LogP) is 2.87. The van der Waals surface area contributed by atoms with Gasteiger partial charge in [-0.15, -0.1) is 0 Å². The van der Waals surface area contributed by atoms with Crippen LogP contribution in [0.25, 0.3) is 0 Å². The van der Waals surface area contributed by atoms with Gasteiger partial charge >= 0.3 is 0 Å². The molecular weight excluding hydrogens is 591 g/mol. The van der Waals surface area contributed by atoms with Crippen molar-refractivity contribution in [1.82, 2.24) is 10.2 Å². The summed E-state index contributed by atoms with van der Waals surface area (Å²) in [4.78, 5) is 39.0. The highest BCUT2D eigenvalue weighted by Gasteiger charge is 2.40. The number of rotatable bonds is 13. The monoisotopic (exact) mass is 628 g/mol. The maximum atomic E-state index is 13.2. The number of aliphatic hydroxyl groups excluding tert-OH is 2. The van der Waals surface area contributed by atoms with E-state index in [1.807, 2.05) is 29.5 Å². The third kappa shape index (κ3) is 8.54. The number of hydrogen-bond donors (Lipinski definition) is 3. The molecule has 3 N–H and O–H groups in total.